The standard InChI is InChI=1S/C21H24F3N4O2P/c1-11(13-6-14(21(22,23)24)8-15(25)7-13)26-20-16-9-19(31(4,5)29)18(30-3)10-17(16)27-12(2)28-20/h6-11H,25H2,1-5H3,(H,26,27,28)/t11-/m1/s1. The number of halogens is 3. The lowest BCUT2D eigenvalue weighted by molar-refractivity contribution is -0.137. The number of nitrogens with one attached hydrogen (secondary N) is 1. The van der Waals surface area contributed by atoms with E-state index in [1.807, 2.05) is 0 Å². The highest BCUT2D eigenvalue weighted by Gasteiger charge is 2.31. The van der Waals surface area contributed by atoms with Gasteiger partial charge in [-0.15, -0.1) is 0 Å². The fourth-order valence-electron chi connectivity index (χ4n) is 3.33. The Bertz CT molecular complexity index is 1190. The first-order valence-corrected chi connectivity index (χ1v) is 12.1. The second-order valence-electron chi connectivity index (χ2n) is 7.76. The summed E-state index contributed by atoms with van der Waals surface area (Å²) in [6.07, 6.45) is -4.50. The summed E-state index contributed by atoms with van der Waals surface area (Å²) in [5.41, 5.74) is 5.84. The van der Waals surface area contributed by atoms with Gasteiger partial charge in [0.1, 0.15) is 24.5 Å². The number of hydrogen-bond donors (Lipinski definition) is 2. The second-order valence-corrected chi connectivity index (χ2v) is 10.9. The Morgan fingerprint density at radius 1 is 1.13 bits per heavy atom. The summed E-state index contributed by atoms with van der Waals surface area (Å²) in [6.45, 7) is 6.69. The molecular formula is C21H24F3N4O2P. The van der Waals surface area contributed by atoms with Gasteiger partial charge < -0.3 is 20.4 Å². The molecule has 0 aliphatic heterocycles. The van der Waals surface area contributed by atoms with Crippen molar-refractivity contribution in [3.05, 3.63) is 47.3 Å². The van der Waals surface area contributed by atoms with Gasteiger partial charge in [-0.1, -0.05) is 0 Å². The molecule has 0 aliphatic carbocycles. The number of nitrogens with two attached hydrogens (primary N) is 1. The molecule has 0 spiro atoms. The van der Waals surface area contributed by atoms with Crippen molar-refractivity contribution in [2.24, 2.45) is 0 Å². The maximum atomic E-state index is 13.2. The van der Waals surface area contributed by atoms with E-state index in [1.54, 1.807) is 39.3 Å². The Hall–Kier alpha value is -2.80. The molecular weight excluding hydrogens is 428 g/mol. The molecule has 6 nitrogen and oxygen atoms in total. The maximum absolute atomic E-state index is 13.2. The van der Waals surface area contributed by atoms with Gasteiger partial charge in [-0.2, -0.15) is 13.2 Å². The molecule has 31 heavy (non-hydrogen) atoms. The molecule has 0 bridgehead atoms. The molecule has 0 amide bonds. The topological polar surface area (TPSA) is 90.1 Å². The number of aryl methyl sites for hydroxylation is 1. The van der Waals surface area contributed by atoms with Crippen LogP contribution in [-0.4, -0.2) is 30.4 Å². The van der Waals surface area contributed by atoms with Crippen LogP contribution in [0.3, 0.4) is 0 Å². The fourth-order valence-corrected chi connectivity index (χ4v) is 4.46. The van der Waals surface area contributed by atoms with Gasteiger partial charge in [-0.05, 0) is 57.0 Å². The number of methoxy groups -OCH3 is 1. The maximum Gasteiger partial charge on any atom is 0.416 e. The number of hydrogen-bond acceptors (Lipinski definition) is 6. The molecule has 0 fully saturated rings. The third-order valence-corrected chi connectivity index (χ3v) is 6.36. The van der Waals surface area contributed by atoms with Crippen LogP contribution in [0, 0.1) is 6.92 Å². The first-order chi connectivity index (χ1) is 14.3. The monoisotopic (exact) mass is 452 g/mol. The molecule has 2 aromatic carbocycles. The normalized spacial score (nSPS) is 13.3. The summed E-state index contributed by atoms with van der Waals surface area (Å²) in [4.78, 5) is 8.85. The highest BCUT2D eigenvalue weighted by atomic mass is 31.2. The predicted octanol–water partition coefficient (Wildman–Crippen LogP) is 4.97. The van der Waals surface area contributed by atoms with Crippen molar-refractivity contribution in [1.29, 1.82) is 0 Å². The van der Waals surface area contributed by atoms with Gasteiger partial charge in [-0.25, -0.2) is 9.97 Å². The van der Waals surface area contributed by atoms with Crippen molar-refractivity contribution in [2.45, 2.75) is 26.1 Å². The van der Waals surface area contributed by atoms with Gasteiger partial charge in [0.15, 0.2) is 0 Å². The lowest BCUT2D eigenvalue weighted by Gasteiger charge is -2.20. The first kappa shape index (κ1) is 22.9. The van der Waals surface area contributed by atoms with E-state index < -0.39 is 24.9 Å². The number of nitrogen functional groups attached to an aromatic ring is 1. The Kier molecular flexibility index (Phi) is 5.93. The van der Waals surface area contributed by atoms with Crippen LogP contribution < -0.4 is 21.1 Å². The average molecular weight is 452 g/mol. The van der Waals surface area contributed by atoms with Gasteiger partial charge in [0, 0.05) is 17.1 Å². The predicted molar refractivity (Wildman–Crippen MR) is 118 cm³/mol. The van der Waals surface area contributed by atoms with Crippen molar-refractivity contribution in [3.8, 4) is 5.75 Å². The number of fused-ring (bicyclic) bond motifs is 1. The third kappa shape index (κ3) is 4.93. The molecule has 0 saturated carbocycles. The first-order valence-electron chi connectivity index (χ1n) is 9.45. The summed E-state index contributed by atoms with van der Waals surface area (Å²) in [7, 11) is -1.19. The van der Waals surface area contributed by atoms with Crippen LogP contribution in [0.2, 0.25) is 0 Å². The molecule has 0 saturated heterocycles. The van der Waals surface area contributed by atoms with Crippen LogP contribution in [0.5, 0.6) is 5.75 Å². The van der Waals surface area contributed by atoms with Crippen molar-refractivity contribution >= 4 is 34.9 Å². The number of alkyl halides is 3. The molecule has 10 heteroatoms. The number of nitrogens with zero attached hydrogens (tertiary/aromatic N) is 2. The highest BCUT2D eigenvalue weighted by Crippen LogP contribution is 2.41. The van der Waals surface area contributed by atoms with Crippen molar-refractivity contribution in [2.75, 3.05) is 31.5 Å². The van der Waals surface area contributed by atoms with E-state index in [0.29, 0.717) is 39.2 Å². The second kappa shape index (κ2) is 8.04. The van der Waals surface area contributed by atoms with E-state index in [9.17, 15) is 17.7 Å². The van der Waals surface area contributed by atoms with Gasteiger partial charge >= 0.3 is 6.18 Å². The lowest BCUT2D eigenvalue weighted by Crippen LogP contribution is -2.14. The summed E-state index contributed by atoms with van der Waals surface area (Å²) >= 11 is 0. The van der Waals surface area contributed by atoms with E-state index in [1.165, 1.54) is 13.2 Å². The summed E-state index contributed by atoms with van der Waals surface area (Å²) in [5.74, 6) is 1.35. The molecule has 0 radical (unpaired) electrons. The van der Waals surface area contributed by atoms with Crippen LogP contribution in [0.15, 0.2) is 30.3 Å². The Morgan fingerprint density at radius 3 is 2.39 bits per heavy atom. The van der Waals surface area contributed by atoms with Gasteiger partial charge in [-0.3, -0.25) is 0 Å². The SMILES string of the molecule is COc1cc2nc(C)nc(N[C@H](C)c3cc(N)cc(C(F)(F)F)c3)c2cc1P(C)(C)=O. The molecule has 3 N–H and O–H groups in total. The molecule has 166 valence electrons. The van der Waals surface area contributed by atoms with Crippen molar-refractivity contribution < 1.29 is 22.5 Å². The zero-order chi connectivity index (χ0) is 23.1. The molecule has 1 aromatic heterocycles. The molecule has 3 rings (SSSR count). The number of aromatic nitrogens is 2. The molecule has 0 aliphatic rings. The number of anilines is 2. The smallest absolute Gasteiger partial charge is 0.416 e. The summed E-state index contributed by atoms with van der Waals surface area (Å²) in [5, 5.41) is 4.29. The van der Waals surface area contributed by atoms with Gasteiger partial charge in [0.25, 0.3) is 0 Å². The fraction of sp³-hybridized carbons (Fsp3) is 0.333. The van der Waals surface area contributed by atoms with Crippen molar-refractivity contribution in [3.63, 3.8) is 0 Å². The van der Waals surface area contributed by atoms with E-state index in [0.717, 1.165) is 12.1 Å². The summed E-state index contributed by atoms with van der Waals surface area (Å²) < 4.78 is 57.7. The number of rotatable bonds is 5. The van der Waals surface area contributed by atoms with Crippen LogP contribution in [0.4, 0.5) is 24.7 Å². The van der Waals surface area contributed by atoms with E-state index in [2.05, 4.69) is 15.3 Å². The van der Waals surface area contributed by atoms with Gasteiger partial charge in [0.05, 0.1) is 29.5 Å². The van der Waals surface area contributed by atoms with Crippen LogP contribution in [0.25, 0.3) is 10.9 Å². The van der Waals surface area contributed by atoms with Gasteiger partial charge in [0.2, 0.25) is 0 Å². The molecule has 3 aromatic rings. The van der Waals surface area contributed by atoms with Crippen LogP contribution in [0.1, 0.15) is 29.9 Å². The minimum atomic E-state index is -4.50. The highest BCUT2D eigenvalue weighted by molar-refractivity contribution is 7.70. The Morgan fingerprint density at radius 2 is 1.81 bits per heavy atom. The van der Waals surface area contributed by atoms with E-state index in [-0.39, 0.29) is 5.69 Å². The lowest BCUT2D eigenvalue weighted by atomic mass is 10.0. The average Bonchev–Trinajstić information content (AvgIpc) is 2.64. The zero-order valence-corrected chi connectivity index (χ0v) is 18.7. The van der Waals surface area contributed by atoms with Crippen LogP contribution in [-0.2, 0) is 10.7 Å². The number of benzene rings is 2. The van der Waals surface area contributed by atoms with Crippen molar-refractivity contribution in [1.82, 2.24) is 9.97 Å². The minimum absolute atomic E-state index is 0.0205. The van der Waals surface area contributed by atoms with Crippen LogP contribution >= 0.6 is 7.14 Å². The molecule has 1 heterocycles. The minimum Gasteiger partial charge on any atom is -0.496 e. The molecule has 0 unspecified atom stereocenters. The summed E-state index contributed by atoms with van der Waals surface area (Å²) in [6, 6.07) is 6.32. The third-order valence-electron chi connectivity index (χ3n) is 4.85. The quantitative estimate of drug-likeness (QED) is 0.420. The molecule has 1 atom stereocenters. The van der Waals surface area contributed by atoms with E-state index >= 15 is 0 Å². The van der Waals surface area contributed by atoms with E-state index in [4.69, 9.17) is 10.5 Å². The zero-order valence-electron chi connectivity index (χ0n) is 17.8. The largest absolute Gasteiger partial charge is 0.496 e. The number of ether oxygens (including phenoxy) is 1. The Labute approximate surface area is 178 Å². The Balaban J connectivity index is 2.11.